The van der Waals surface area contributed by atoms with Gasteiger partial charge in [-0.2, -0.15) is 0 Å². The molecule has 0 aromatic heterocycles. The third kappa shape index (κ3) is 5.70. The van der Waals surface area contributed by atoms with Crippen LogP contribution in [-0.2, 0) is 9.53 Å². The molecule has 0 aliphatic carbocycles. The Morgan fingerprint density at radius 1 is 1.04 bits per heavy atom. The van der Waals surface area contributed by atoms with E-state index in [1.807, 2.05) is 12.1 Å². The zero-order valence-corrected chi connectivity index (χ0v) is 15.6. The lowest BCUT2D eigenvalue weighted by Gasteiger charge is -2.26. The number of nitrogens with one attached hydrogen (secondary N) is 1. The third-order valence-electron chi connectivity index (χ3n) is 4.20. The zero-order valence-electron chi connectivity index (χ0n) is 14.8. The van der Waals surface area contributed by atoms with Crippen molar-refractivity contribution in [3.8, 4) is 5.75 Å². The SMILES string of the molecule is O=C(CNc1ccc(OCC(=O)N2CCOCC2)cc1)c1ccc(Cl)cc1. The van der Waals surface area contributed by atoms with Crippen LogP contribution in [0.15, 0.2) is 48.5 Å². The highest BCUT2D eigenvalue weighted by Crippen LogP contribution is 2.16. The van der Waals surface area contributed by atoms with Crippen LogP contribution in [0.2, 0.25) is 5.02 Å². The van der Waals surface area contributed by atoms with E-state index in [-0.39, 0.29) is 24.8 Å². The van der Waals surface area contributed by atoms with Crippen molar-refractivity contribution in [2.24, 2.45) is 0 Å². The number of ether oxygens (including phenoxy) is 2. The molecule has 0 saturated carbocycles. The lowest BCUT2D eigenvalue weighted by atomic mass is 10.1. The number of hydrogen-bond acceptors (Lipinski definition) is 5. The molecule has 1 saturated heterocycles. The largest absolute Gasteiger partial charge is 0.484 e. The monoisotopic (exact) mass is 388 g/mol. The number of morpholine rings is 1. The average Bonchev–Trinajstić information content (AvgIpc) is 2.72. The summed E-state index contributed by atoms with van der Waals surface area (Å²) >= 11 is 5.83. The minimum absolute atomic E-state index is 0.00181. The molecule has 0 bridgehead atoms. The molecule has 27 heavy (non-hydrogen) atoms. The summed E-state index contributed by atoms with van der Waals surface area (Å²) in [5.41, 5.74) is 1.40. The zero-order chi connectivity index (χ0) is 19.1. The molecule has 1 fully saturated rings. The van der Waals surface area contributed by atoms with Gasteiger partial charge in [0.1, 0.15) is 5.75 Å². The maximum Gasteiger partial charge on any atom is 0.260 e. The van der Waals surface area contributed by atoms with Crippen molar-refractivity contribution in [1.29, 1.82) is 0 Å². The maximum atomic E-state index is 12.1. The van der Waals surface area contributed by atoms with E-state index in [0.717, 1.165) is 5.69 Å². The molecule has 0 atom stereocenters. The second-order valence-corrected chi connectivity index (χ2v) is 6.53. The number of ketones is 1. The van der Waals surface area contributed by atoms with E-state index in [9.17, 15) is 9.59 Å². The van der Waals surface area contributed by atoms with Gasteiger partial charge < -0.3 is 19.7 Å². The number of carbonyl (C=O) groups is 2. The molecule has 1 aliphatic rings. The van der Waals surface area contributed by atoms with Crippen LogP contribution in [0.5, 0.6) is 5.75 Å². The van der Waals surface area contributed by atoms with Gasteiger partial charge in [0.05, 0.1) is 19.8 Å². The molecule has 1 amide bonds. The summed E-state index contributed by atoms with van der Waals surface area (Å²) in [6.07, 6.45) is 0. The number of hydrogen-bond donors (Lipinski definition) is 1. The highest BCUT2D eigenvalue weighted by molar-refractivity contribution is 6.30. The minimum Gasteiger partial charge on any atom is -0.484 e. The minimum atomic E-state index is -0.0472. The summed E-state index contributed by atoms with van der Waals surface area (Å²) in [6.45, 7) is 2.53. The van der Waals surface area contributed by atoms with Crippen molar-refractivity contribution >= 4 is 29.0 Å². The predicted octanol–water partition coefficient (Wildman–Crippen LogP) is 2.87. The summed E-state index contributed by atoms with van der Waals surface area (Å²) in [6, 6.07) is 13.9. The molecule has 0 radical (unpaired) electrons. The summed E-state index contributed by atoms with van der Waals surface area (Å²) in [7, 11) is 0. The lowest BCUT2D eigenvalue weighted by Crippen LogP contribution is -2.42. The molecule has 2 aromatic rings. The van der Waals surface area contributed by atoms with Gasteiger partial charge in [0.25, 0.3) is 5.91 Å². The van der Waals surface area contributed by atoms with E-state index < -0.39 is 0 Å². The predicted molar refractivity (Wildman–Crippen MR) is 104 cm³/mol. The Morgan fingerprint density at radius 2 is 1.70 bits per heavy atom. The fraction of sp³-hybridized carbons (Fsp3) is 0.300. The first-order chi connectivity index (χ1) is 13.1. The first-order valence-corrected chi connectivity index (χ1v) is 9.10. The second kappa shape index (κ2) is 9.39. The summed E-state index contributed by atoms with van der Waals surface area (Å²) < 4.78 is 10.8. The van der Waals surface area contributed by atoms with Crippen LogP contribution in [0.25, 0.3) is 0 Å². The van der Waals surface area contributed by atoms with Crippen molar-refractivity contribution in [2.45, 2.75) is 0 Å². The number of rotatable bonds is 7. The standard InChI is InChI=1S/C20H21ClN2O4/c21-16-3-1-15(2-4-16)19(24)13-22-17-5-7-18(8-6-17)27-14-20(25)23-9-11-26-12-10-23/h1-8,22H,9-14H2. The molecule has 142 valence electrons. The highest BCUT2D eigenvalue weighted by Gasteiger charge is 2.17. The molecule has 1 N–H and O–H groups in total. The number of halogens is 1. The van der Waals surface area contributed by atoms with Gasteiger partial charge in [0, 0.05) is 29.4 Å². The van der Waals surface area contributed by atoms with Gasteiger partial charge in [0.2, 0.25) is 0 Å². The Labute approximate surface area is 163 Å². The van der Waals surface area contributed by atoms with Gasteiger partial charge in [-0.05, 0) is 48.5 Å². The van der Waals surface area contributed by atoms with Crippen LogP contribution in [0.4, 0.5) is 5.69 Å². The van der Waals surface area contributed by atoms with E-state index in [4.69, 9.17) is 21.1 Å². The Kier molecular flexibility index (Phi) is 6.68. The Hall–Kier alpha value is -2.57. The van der Waals surface area contributed by atoms with Crippen molar-refractivity contribution in [3.63, 3.8) is 0 Å². The summed E-state index contributed by atoms with van der Waals surface area (Å²) in [4.78, 5) is 25.9. The number of nitrogens with zero attached hydrogens (tertiary/aromatic N) is 1. The highest BCUT2D eigenvalue weighted by atomic mass is 35.5. The smallest absolute Gasteiger partial charge is 0.260 e. The average molecular weight is 389 g/mol. The maximum absolute atomic E-state index is 12.1. The molecule has 0 spiro atoms. The van der Waals surface area contributed by atoms with Gasteiger partial charge in [-0.25, -0.2) is 0 Å². The lowest BCUT2D eigenvalue weighted by molar-refractivity contribution is -0.137. The first-order valence-electron chi connectivity index (χ1n) is 8.73. The Morgan fingerprint density at radius 3 is 2.37 bits per heavy atom. The third-order valence-corrected chi connectivity index (χ3v) is 4.45. The van der Waals surface area contributed by atoms with Gasteiger partial charge in [0.15, 0.2) is 12.4 Å². The van der Waals surface area contributed by atoms with Crippen LogP contribution in [-0.4, -0.2) is 56.0 Å². The van der Waals surface area contributed by atoms with E-state index >= 15 is 0 Å². The summed E-state index contributed by atoms with van der Waals surface area (Å²) in [5, 5.41) is 3.67. The van der Waals surface area contributed by atoms with E-state index in [1.54, 1.807) is 41.3 Å². The van der Waals surface area contributed by atoms with Crippen LogP contribution >= 0.6 is 11.6 Å². The molecule has 3 rings (SSSR count). The topological polar surface area (TPSA) is 67.9 Å². The molecule has 1 heterocycles. The second-order valence-electron chi connectivity index (χ2n) is 6.09. The quantitative estimate of drug-likeness (QED) is 0.739. The molecular formula is C20H21ClN2O4. The van der Waals surface area contributed by atoms with E-state index in [1.165, 1.54) is 0 Å². The van der Waals surface area contributed by atoms with Crippen LogP contribution in [0, 0.1) is 0 Å². The van der Waals surface area contributed by atoms with Gasteiger partial charge in [-0.15, -0.1) is 0 Å². The molecule has 6 nitrogen and oxygen atoms in total. The number of anilines is 1. The fourth-order valence-corrected chi connectivity index (χ4v) is 2.76. The molecule has 2 aromatic carbocycles. The normalized spacial score (nSPS) is 13.9. The van der Waals surface area contributed by atoms with Crippen molar-refractivity contribution in [1.82, 2.24) is 4.90 Å². The van der Waals surface area contributed by atoms with Gasteiger partial charge >= 0.3 is 0 Å². The molecular weight excluding hydrogens is 368 g/mol. The van der Waals surface area contributed by atoms with E-state index in [2.05, 4.69) is 5.32 Å². The van der Waals surface area contributed by atoms with E-state index in [0.29, 0.717) is 42.6 Å². The Balaban J connectivity index is 1.44. The van der Waals surface area contributed by atoms with Crippen LogP contribution in [0.3, 0.4) is 0 Å². The molecule has 1 aliphatic heterocycles. The fourth-order valence-electron chi connectivity index (χ4n) is 2.64. The van der Waals surface area contributed by atoms with Crippen LogP contribution in [0.1, 0.15) is 10.4 Å². The summed E-state index contributed by atoms with van der Waals surface area (Å²) in [5.74, 6) is 0.531. The van der Waals surface area contributed by atoms with Crippen molar-refractivity contribution in [2.75, 3.05) is 44.8 Å². The van der Waals surface area contributed by atoms with Crippen molar-refractivity contribution < 1.29 is 19.1 Å². The molecule has 0 unspecified atom stereocenters. The van der Waals surface area contributed by atoms with Crippen molar-refractivity contribution in [3.05, 3.63) is 59.1 Å². The van der Waals surface area contributed by atoms with Gasteiger partial charge in [-0.3, -0.25) is 9.59 Å². The number of benzene rings is 2. The molecule has 7 heteroatoms. The first kappa shape index (κ1) is 19.2. The number of Topliss-reactive ketones (excluding diaryl/α,β-unsaturated/α-hetero) is 1. The van der Waals surface area contributed by atoms with Crippen LogP contribution < -0.4 is 10.1 Å². The Bertz CT molecular complexity index is 772. The number of amides is 1. The number of carbonyl (C=O) groups excluding carboxylic acids is 2. The van der Waals surface area contributed by atoms with Gasteiger partial charge in [-0.1, -0.05) is 11.6 Å².